The molecule has 0 N–H and O–H groups in total. The Kier molecular flexibility index (Phi) is 2.67. The normalized spacial score (nSPS) is 35.9. The Hall–Kier alpha value is -0.560. The van der Waals surface area contributed by atoms with Crippen molar-refractivity contribution in [3.8, 4) is 0 Å². The molecule has 2 atom stereocenters. The Bertz CT molecular complexity index is 333. The molecule has 0 unspecified atom stereocenters. The van der Waals surface area contributed by atoms with E-state index >= 15 is 0 Å². The van der Waals surface area contributed by atoms with Gasteiger partial charge >= 0.3 is 0 Å². The number of hydrogen-bond acceptors (Lipinski definition) is 1. The van der Waals surface area contributed by atoms with Gasteiger partial charge in [-0.1, -0.05) is 37.0 Å². The lowest BCUT2D eigenvalue weighted by atomic mass is 9.78. The van der Waals surface area contributed by atoms with Crippen LogP contribution in [0.2, 0.25) is 0 Å². The molecule has 88 valence electrons. The largest absolute Gasteiger partial charge is 0.373 e. The molecule has 0 aromatic rings. The Morgan fingerprint density at radius 1 is 1.19 bits per heavy atom. The lowest BCUT2D eigenvalue weighted by molar-refractivity contribution is 0.0329. The van der Waals surface area contributed by atoms with E-state index < -0.39 is 0 Å². The molecule has 0 amide bonds. The molecule has 2 fully saturated rings. The summed E-state index contributed by atoms with van der Waals surface area (Å²) in [5.41, 5.74) is 4.52. The number of ether oxygens (including phenoxy) is 1. The van der Waals surface area contributed by atoms with Gasteiger partial charge in [0.05, 0.1) is 12.7 Å². The van der Waals surface area contributed by atoms with Crippen molar-refractivity contribution < 1.29 is 4.74 Å². The van der Waals surface area contributed by atoms with Crippen LogP contribution in [0.15, 0.2) is 23.3 Å². The lowest BCUT2D eigenvalue weighted by Gasteiger charge is -2.30. The first kappa shape index (κ1) is 10.6. The van der Waals surface area contributed by atoms with E-state index in [1.807, 2.05) is 0 Å². The summed E-state index contributed by atoms with van der Waals surface area (Å²) < 4.78 is 6.08. The zero-order valence-corrected chi connectivity index (χ0v) is 10.3. The molecule has 1 saturated carbocycles. The van der Waals surface area contributed by atoms with Gasteiger partial charge in [0.2, 0.25) is 0 Å². The smallest absolute Gasteiger partial charge is 0.0711 e. The average molecular weight is 218 g/mol. The van der Waals surface area contributed by atoms with Crippen molar-refractivity contribution in [2.24, 2.45) is 11.8 Å². The second-order valence-corrected chi connectivity index (χ2v) is 5.79. The molecule has 1 nitrogen and oxygen atoms in total. The maximum absolute atomic E-state index is 6.08. The summed E-state index contributed by atoms with van der Waals surface area (Å²) in [6.45, 7) is 7.41. The third-order valence-electron chi connectivity index (χ3n) is 4.73. The van der Waals surface area contributed by atoms with E-state index in [2.05, 4.69) is 13.5 Å². The van der Waals surface area contributed by atoms with Crippen molar-refractivity contribution >= 4 is 0 Å². The van der Waals surface area contributed by atoms with E-state index in [0.717, 1.165) is 18.9 Å². The molecule has 1 aliphatic heterocycles. The predicted octanol–water partition coefficient (Wildman–Crippen LogP) is 3.86. The SMILES string of the molecule is C=C1CC(C)=C2CO[C@@H](C3CCCCC3)[C@H]12. The molecular formula is C15H22O. The van der Waals surface area contributed by atoms with Gasteiger partial charge in [-0.3, -0.25) is 0 Å². The highest BCUT2D eigenvalue weighted by atomic mass is 16.5. The van der Waals surface area contributed by atoms with Gasteiger partial charge in [-0.25, -0.2) is 0 Å². The minimum atomic E-state index is 0.472. The van der Waals surface area contributed by atoms with Crippen molar-refractivity contribution in [1.29, 1.82) is 0 Å². The zero-order chi connectivity index (χ0) is 11.1. The third kappa shape index (κ3) is 1.57. The number of rotatable bonds is 1. The first-order chi connectivity index (χ1) is 7.77. The number of allylic oxidation sites excluding steroid dienone is 1. The van der Waals surface area contributed by atoms with Gasteiger partial charge in [-0.15, -0.1) is 0 Å². The summed E-state index contributed by atoms with van der Waals surface area (Å²) >= 11 is 0. The molecule has 3 rings (SSSR count). The average Bonchev–Trinajstić information content (AvgIpc) is 2.84. The third-order valence-corrected chi connectivity index (χ3v) is 4.73. The van der Waals surface area contributed by atoms with E-state index in [4.69, 9.17) is 4.74 Å². The summed E-state index contributed by atoms with van der Waals surface area (Å²) in [6.07, 6.45) is 8.59. The Balaban J connectivity index is 1.80. The second kappa shape index (κ2) is 4.03. The van der Waals surface area contributed by atoms with Crippen molar-refractivity contribution in [2.45, 2.75) is 51.6 Å². The maximum Gasteiger partial charge on any atom is 0.0711 e. The Labute approximate surface area is 98.6 Å². The van der Waals surface area contributed by atoms with Gasteiger partial charge in [0.15, 0.2) is 0 Å². The topological polar surface area (TPSA) is 9.23 Å². The summed E-state index contributed by atoms with van der Waals surface area (Å²) in [7, 11) is 0. The number of fused-ring (bicyclic) bond motifs is 1. The monoisotopic (exact) mass is 218 g/mol. The minimum absolute atomic E-state index is 0.472. The molecule has 0 aromatic heterocycles. The van der Waals surface area contributed by atoms with Crippen molar-refractivity contribution in [3.05, 3.63) is 23.3 Å². The molecular weight excluding hydrogens is 196 g/mol. The fourth-order valence-electron chi connectivity index (χ4n) is 3.87. The summed E-state index contributed by atoms with van der Waals surface area (Å²) in [6, 6.07) is 0. The summed E-state index contributed by atoms with van der Waals surface area (Å²) in [4.78, 5) is 0. The first-order valence-electron chi connectivity index (χ1n) is 6.75. The second-order valence-electron chi connectivity index (χ2n) is 5.79. The molecule has 1 saturated heterocycles. The molecule has 2 aliphatic carbocycles. The van der Waals surface area contributed by atoms with Crippen LogP contribution < -0.4 is 0 Å². The van der Waals surface area contributed by atoms with Crippen LogP contribution in [0.5, 0.6) is 0 Å². The van der Waals surface area contributed by atoms with Crippen molar-refractivity contribution in [3.63, 3.8) is 0 Å². The molecule has 0 spiro atoms. The molecule has 1 heteroatoms. The lowest BCUT2D eigenvalue weighted by Crippen LogP contribution is -2.28. The van der Waals surface area contributed by atoms with E-state index in [0.29, 0.717) is 12.0 Å². The first-order valence-corrected chi connectivity index (χ1v) is 6.75. The Morgan fingerprint density at radius 3 is 2.69 bits per heavy atom. The van der Waals surface area contributed by atoms with Gasteiger partial charge in [0, 0.05) is 5.92 Å². The molecule has 0 aromatic carbocycles. The number of hydrogen-bond donors (Lipinski definition) is 0. The maximum atomic E-state index is 6.08. The van der Waals surface area contributed by atoms with Crippen LogP contribution in [0, 0.1) is 11.8 Å². The van der Waals surface area contributed by atoms with Gasteiger partial charge in [0.25, 0.3) is 0 Å². The zero-order valence-electron chi connectivity index (χ0n) is 10.3. The summed E-state index contributed by atoms with van der Waals surface area (Å²) in [5.74, 6) is 1.39. The standard InChI is InChI=1S/C15H22O/c1-10-8-11(2)14-13(10)9-16-15(14)12-6-4-3-5-7-12/h12,14-15H,2-9H2,1H3/t14-,15+/m1/s1. The van der Waals surface area contributed by atoms with Crippen LogP contribution in [0.1, 0.15) is 45.4 Å². The molecule has 0 bridgehead atoms. The fourth-order valence-corrected chi connectivity index (χ4v) is 3.87. The highest BCUT2D eigenvalue weighted by molar-refractivity contribution is 5.39. The van der Waals surface area contributed by atoms with Gasteiger partial charge in [0.1, 0.15) is 0 Å². The van der Waals surface area contributed by atoms with Crippen LogP contribution in [0.25, 0.3) is 0 Å². The van der Waals surface area contributed by atoms with Crippen LogP contribution in [-0.2, 0) is 4.74 Å². The highest BCUT2D eigenvalue weighted by Gasteiger charge is 2.43. The van der Waals surface area contributed by atoms with Gasteiger partial charge in [-0.05, 0) is 37.7 Å². The quantitative estimate of drug-likeness (QED) is 0.607. The van der Waals surface area contributed by atoms with Crippen LogP contribution in [0.4, 0.5) is 0 Å². The van der Waals surface area contributed by atoms with E-state index in [9.17, 15) is 0 Å². The van der Waals surface area contributed by atoms with Crippen LogP contribution in [-0.4, -0.2) is 12.7 Å². The van der Waals surface area contributed by atoms with Crippen LogP contribution >= 0.6 is 0 Å². The van der Waals surface area contributed by atoms with E-state index in [1.165, 1.54) is 43.3 Å². The highest BCUT2D eigenvalue weighted by Crippen LogP contribution is 2.47. The fraction of sp³-hybridized carbons (Fsp3) is 0.733. The van der Waals surface area contributed by atoms with Crippen LogP contribution in [0.3, 0.4) is 0 Å². The van der Waals surface area contributed by atoms with E-state index in [-0.39, 0.29) is 0 Å². The molecule has 0 radical (unpaired) electrons. The van der Waals surface area contributed by atoms with Crippen molar-refractivity contribution in [2.75, 3.05) is 6.61 Å². The van der Waals surface area contributed by atoms with Gasteiger partial charge < -0.3 is 4.74 Å². The Morgan fingerprint density at radius 2 is 1.94 bits per heavy atom. The minimum Gasteiger partial charge on any atom is -0.373 e. The van der Waals surface area contributed by atoms with E-state index in [1.54, 1.807) is 5.57 Å². The molecule has 16 heavy (non-hydrogen) atoms. The van der Waals surface area contributed by atoms with Crippen molar-refractivity contribution in [1.82, 2.24) is 0 Å². The van der Waals surface area contributed by atoms with Gasteiger partial charge in [-0.2, -0.15) is 0 Å². The molecule has 1 heterocycles. The summed E-state index contributed by atoms with van der Waals surface area (Å²) in [5, 5.41) is 0. The molecule has 3 aliphatic rings. The predicted molar refractivity (Wildman–Crippen MR) is 66.3 cm³/mol.